The topological polar surface area (TPSA) is 70.5 Å². The first-order chi connectivity index (χ1) is 11.6. The average Bonchev–Trinajstić information content (AvgIpc) is 2.87. The third-order valence-corrected chi connectivity index (χ3v) is 4.11. The van der Waals surface area contributed by atoms with Crippen LogP contribution in [0.2, 0.25) is 0 Å². The molecule has 1 aromatic carbocycles. The molecule has 5 nitrogen and oxygen atoms in total. The standard InChI is InChI=1S/C18H17FN2O3/c19-14-4-1-12(2-5-14)9-13-3-6-16(20-10-13)15-11-21(7-8-22)18(24)17(15)23/h1-6,10,15,22H,7-9,11H2. The van der Waals surface area contributed by atoms with Gasteiger partial charge in [0.1, 0.15) is 5.82 Å². The van der Waals surface area contributed by atoms with E-state index in [9.17, 15) is 14.0 Å². The lowest BCUT2D eigenvalue weighted by Crippen LogP contribution is -2.30. The van der Waals surface area contributed by atoms with Crippen molar-refractivity contribution in [2.45, 2.75) is 12.3 Å². The lowest BCUT2D eigenvalue weighted by Gasteiger charge is -2.13. The zero-order chi connectivity index (χ0) is 17.1. The monoisotopic (exact) mass is 328 g/mol. The highest BCUT2D eigenvalue weighted by Gasteiger charge is 2.39. The predicted molar refractivity (Wildman–Crippen MR) is 84.9 cm³/mol. The number of ketones is 1. The molecule has 0 saturated carbocycles. The number of hydrogen-bond acceptors (Lipinski definition) is 4. The summed E-state index contributed by atoms with van der Waals surface area (Å²) in [6.45, 7) is 0.238. The highest BCUT2D eigenvalue weighted by Crippen LogP contribution is 2.24. The van der Waals surface area contributed by atoms with Crippen LogP contribution in [0.15, 0.2) is 42.6 Å². The van der Waals surface area contributed by atoms with Crippen molar-refractivity contribution in [1.82, 2.24) is 9.88 Å². The van der Waals surface area contributed by atoms with Crippen LogP contribution in [0.3, 0.4) is 0 Å². The molecule has 1 saturated heterocycles. The van der Waals surface area contributed by atoms with Gasteiger partial charge in [-0.3, -0.25) is 14.6 Å². The molecule has 1 fully saturated rings. The summed E-state index contributed by atoms with van der Waals surface area (Å²) in [6, 6.07) is 9.87. The number of Topliss-reactive ketones (excluding diaryl/α,β-unsaturated/α-hetero) is 1. The number of halogens is 1. The second-order valence-corrected chi connectivity index (χ2v) is 5.79. The number of aliphatic hydroxyl groups is 1. The normalized spacial score (nSPS) is 17.6. The molecule has 1 aliphatic heterocycles. The van der Waals surface area contributed by atoms with Crippen molar-refractivity contribution in [2.75, 3.05) is 19.7 Å². The second kappa shape index (κ2) is 6.88. The number of likely N-dealkylation sites (tertiary alicyclic amines) is 1. The van der Waals surface area contributed by atoms with Gasteiger partial charge in [-0.05, 0) is 35.7 Å². The Labute approximate surface area is 138 Å². The molecule has 1 amide bonds. The first-order valence-electron chi connectivity index (χ1n) is 7.71. The second-order valence-electron chi connectivity index (χ2n) is 5.79. The molecule has 1 aliphatic rings. The Morgan fingerprint density at radius 2 is 1.83 bits per heavy atom. The van der Waals surface area contributed by atoms with Gasteiger partial charge in [0.15, 0.2) is 0 Å². The van der Waals surface area contributed by atoms with E-state index < -0.39 is 17.6 Å². The van der Waals surface area contributed by atoms with Crippen LogP contribution in [0.25, 0.3) is 0 Å². The Morgan fingerprint density at radius 1 is 1.12 bits per heavy atom. The summed E-state index contributed by atoms with van der Waals surface area (Å²) in [5.41, 5.74) is 2.46. The van der Waals surface area contributed by atoms with Gasteiger partial charge in [-0.2, -0.15) is 0 Å². The zero-order valence-electron chi connectivity index (χ0n) is 13.0. The molecule has 1 unspecified atom stereocenters. The van der Waals surface area contributed by atoms with E-state index in [0.717, 1.165) is 11.1 Å². The molecular formula is C18H17FN2O3. The average molecular weight is 328 g/mol. The van der Waals surface area contributed by atoms with Crippen molar-refractivity contribution < 1.29 is 19.1 Å². The molecule has 1 N–H and O–H groups in total. The Balaban J connectivity index is 1.71. The molecule has 2 heterocycles. The largest absolute Gasteiger partial charge is 0.395 e. The number of aromatic nitrogens is 1. The van der Waals surface area contributed by atoms with E-state index in [1.807, 2.05) is 6.07 Å². The molecule has 24 heavy (non-hydrogen) atoms. The fourth-order valence-electron chi connectivity index (χ4n) is 2.82. The van der Waals surface area contributed by atoms with E-state index in [-0.39, 0.29) is 25.5 Å². The van der Waals surface area contributed by atoms with Crippen LogP contribution >= 0.6 is 0 Å². The number of hydrogen-bond donors (Lipinski definition) is 1. The van der Waals surface area contributed by atoms with Crippen LogP contribution in [0.4, 0.5) is 4.39 Å². The fraction of sp³-hybridized carbons (Fsp3) is 0.278. The Kier molecular flexibility index (Phi) is 4.66. The maximum atomic E-state index is 12.9. The number of aliphatic hydroxyl groups excluding tert-OH is 1. The van der Waals surface area contributed by atoms with Gasteiger partial charge in [0.25, 0.3) is 5.91 Å². The number of carbonyl (C=O) groups is 2. The Bertz CT molecular complexity index is 744. The first kappa shape index (κ1) is 16.3. The molecule has 3 rings (SSSR count). The minimum atomic E-state index is -0.580. The van der Waals surface area contributed by atoms with Gasteiger partial charge in [0, 0.05) is 19.3 Å². The summed E-state index contributed by atoms with van der Waals surface area (Å²) in [5, 5.41) is 8.94. The van der Waals surface area contributed by atoms with E-state index in [2.05, 4.69) is 4.98 Å². The number of rotatable bonds is 5. The van der Waals surface area contributed by atoms with Crippen LogP contribution in [-0.2, 0) is 16.0 Å². The van der Waals surface area contributed by atoms with Crippen LogP contribution in [0.1, 0.15) is 22.7 Å². The summed E-state index contributed by atoms with van der Waals surface area (Å²) in [4.78, 5) is 29.5. The maximum Gasteiger partial charge on any atom is 0.290 e. The number of amides is 1. The van der Waals surface area contributed by atoms with Gasteiger partial charge >= 0.3 is 0 Å². The number of carbonyl (C=O) groups excluding carboxylic acids is 2. The van der Waals surface area contributed by atoms with E-state index in [1.54, 1.807) is 24.4 Å². The summed E-state index contributed by atoms with van der Waals surface area (Å²) in [6.07, 6.45) is 2.28. The van der Waals surface area contributed by atoms with Gasteiger partial charge in [-0.25, -0.2) is 4.39 Å². The molecule has 2 aromatic rings. The molecule has 1 atom stereocenters. The maximum absolute atomic E-state index is 12.9. The van der Waals surface area contributed by atoms with Crippen molar-refractivity contribution in [2.24, 2.45) is 0 Å². The van der Waals surface area contributed by atoms with Gasteiger partial charge in [0.2, 0.25) is 5.78 Å². The Hall–Kier alpha value is -2.60. The molecular weight excluding hydrogens is 311 g/mol. The molecule has 0 spiro atoms. The number of benzene rings is 1. The summed E-state index contributed by atoms with van der Waals surface area (Å²) >= 11 is 0. The SMILES string of the molecule is O=C1C(=O)N(CCO)CC1c1ccc(Cc2ccc(F)cc2)cn1. The van der Waals surface area contributed by atoms with E-state index in [1.165, 1.54) is 17.0 Å². The minimum absolute atomic E-state index is 0.156. The lowest BCUT2D eigenvalue weighted by molar-refractivity contribution is -0.140. The van der Waals surface area contributed by atoms with Crippen molar-refractivity contribution in [3.63, 3.8) is 0 Å². The summed E-state index contributed by atoms with van der Waals surface area (Å²) in [7, 11) is 0. The smallest absolute Gasteiger partial charge is 0.290 e. The van der Waals surface area contributed by atoms with Gasteiger partial charge in [-0.1, -0.05) is 18.2 Å². The molecule has 124 valence electrons. The first-order valence-corrected chi connectivity index (χ1v) is 7.71. The third-order valence-electron chi connectivity index (χ3n) is 4.11. The molecule has 0 bridgehead atoms. The molecule has 0 aliphatic carbocycles. The van der Waals surface area contributed by atoms with Crippen molar-refractivity contribution in [3.8, 4) is 0 Å². The van der Waals surface area contributed by atoms with Gasteiger partial charge in [-0.15, -0.1) is 0 Å². The minimum Gasteiger partial charge on any atom is -0.395 e. The van der Waals surface area contributed by atoms with Crippen molar-refractivity contribution in [3.05, 3.63) is 65.2 Å². The highest BCUT2D eigenvalue weighted by molar-refractivity contribution is 6.40. The van der Waals surface area contributed by atoms with Crippen LogP contribution in [0, 0.1) is 5.82 Å². The quantitative estimate of drug-likeness (QED) is 0.840. The van der Waals surface area contributed by atoms with E-state index in [0.29, 0.717) is 12.1 Å². The van der Waals surface area contributed by atoms with Crippen molar-refractivity contribution in [1.29, 1.82) is 0 Å². The molecule has 0 radical (unpaired) electrons. The van der Waals surface area contributed by atoms with Crippen LogP contribution in [0.5, 0.6) is 0 Å². The molecule has 6 heteroatoms. The number of pyridine rings is 1. The van der Waals surface area contributed by atoms with Crippen LogP contribution < -0.4 is 0 Å². The zero-order valence-corrected chi connectivity index (χ0v) is 13.0. The number of β-amino-alcohol motifs (C(OH)–C–C–N with tert-alkyl or cyclic N) is 1. The van der Waals surface area contributed by atoms with Gasteiger partial charge < -0.3 is 10.0 Å². The third kappa shape index (κ3) is 3.33. The highest BCUT2D eigenvalue weighted by atomic mass is 19.1. The van der Waals surface area contributed by atoms with E-state index >= 15 is 0 Å². The van der Waals surface area contributed by atoms with Crippen molar-refractivity contribution >= 4 is 11.7 Å². The lowest BCUT2D eigenvalue weighted by atomic mass is 10.0. The molecule has 1 aromatic heterocycles. The predicted octanol–water partition coefficient (Wildman–Crippen LogP) is 1.30. The van der Waals surface area contributed by atoms with E-state index in [4.69, 9.17) is 5.11 Å². The van der Waals surface area contributed by atoms with Crippen LogP contribution in [-0.4, -0.2) is 46.4 Å². The number of nitrogens with zero attached hydrogens (tertiary/aromatic N) is 2. The summed E-state index contributed by atoms with van der Waals surface area (Å²) < 4.78 is 12.9. The fourth-order valence-corrected chi connectivity index (χ4v) is 2.82. The Morgan fingerprint density at radius 3 is 2.46 bits per heavy atom. The van der Waals surface area contributed by atoms with Gasteiger partial charge in [0.05, 0.1) is 18.2 Å². The summed E-state index contributed by atoms with van der Waals surface area (Å²) in [5.74, 6) is -1.90.